The van der Waals surface area contributed by atoms with Gasteiger partial charge in [-0.25, -0.2) is 0 Å². The smallest absolute Gasteiger partial charge is 0.00136 e. The van der Waals surface area contributed by atoms with Crippen molar-refractivity contribution in [1.29, 1.82) is 0 Å². The van der Waals surface area contributed by atoms with Gasteiger partial charge in [-0.2, -0.15) is 0 Å². The molecule has 1 heteroatoms. The first-order chi connectivity index (χ1) is 14.9. The van der Waals surface area contributed by atoms with E-state index in [9.17, 15) is 0 Å². The summed E-state index contributed by atoms with van der Waals surface area (Å²) in [6, 6.07) is 41.4. The lowest BCUT2D eigenvalue weighted by molar-refractivity contribution is 1.18. The van der Waals surface area contributed by atoms with Crippen LogP contribution in [0.3, 0.4) is 0 Å². The van der Waals surface area contributed by atoms with Crippen molar-refractivity contribution in [2.45, 2.75) is 19.5 Å². The quantitative estimate of drug-likeness (QED) is 0.291. The largest absolute Gasteiger partial charge is 0.0622 e. The number of allylic oxidation sites excluding steroid dienone is 1. The highest BCUT2D eigenvalue weighted by Gasteiger charge is 2.17. The maximum absolute atomic E-state index is 3.63. The van der Waals surface area contributed by atoms with E-state index in [1.165, 1.54) is 32.9 Å². The van der Waals surface area contributed by atoms with E-state index in [1.807, 2.05) is 0 Å². The lowest BCUT2D eigenvalue weighted by Gasteiger charge is -2.21. The Morgan fingerprint density at radius 3 is 1.70 bits per heavy atom. The van der Waals surface area contributed by atoms with Gasteiger partial charge in [0, 0.05) is 6.16 Å². The molecule has 30 heavy (non-hydrogen) atoms. The molecule has 0 aliphatic carbocycles. The fraction of sp³-hybridized carbons (Fsp3) is 0.103. The molecule has 0 saturated carbocycles. The van der Waals surface area contributed by atoms with E-state index in [2.05, 4.69) is 128 Å². The van der Waals surface area contributed by atoms with E-state index in [1.54, 1.807) is 0 Å². The summed E-state index contributed by atoms with van der Waals surface area (Å²) in [5.74, 6) is 0. The van der Waals surface area contributed by atoms with E-state index in [4.69, 9.17) is 0 Å². The minimum Gasteiger partial charge on any atom is -0.0622 e. The molecule has 0 amide bonds. The molecule has 0 aliphatic rings. The fourth-order valence-electron chi connectivity index (χ4n) is 3.75. The van der Waals surface area contributed by atoms with Gasteiger partial charge in [-0.1, -0.05) is 122 Å². The number of benzene rings is 4. The second-order valence-electron chi connectivity index (χ2n) is 7.19. The van der Waals surface area contributed by atoms with Crippen LogP contribution in [0.4, 0.5) is 0 Å². The van der Waals surface area contributed by atoms with Crippen molar-refractivity contribution in [3.8, 4) is 0 Å². The Kier molecular flexibility index (Phi) is 6.91. The monoisotopic (exact) mass is 405 g/mol. The normalized spacial score (nSPS) is 11.6. The Morgan fingerprint density at radius 1 is 0.633 bits per heavy atom. The first-order valence-electron chi connectivity index (χ1n) is 10.5. The summed E-state index contributed by atoms with van der Waals surface area (Å²) in [7, 11) is -0.487. The summed E-state index contributed by atoms with van der Waals surface area (Å²) in [6.45, 7) is 2.16. The van der Waals surface area contributed by atoms with Crippen LogP contribution in [-0.4, -0.2) is 0 Å². The molecule has 0 heterocycles. The predicted octanol–water partition coefficient (Wildman–Crippen LogP) is 6.96. The molecule has 0 N–H and O–H groups in total. The zero-order valence-electron chi connectivity index (χ0n) is 17.3. The van der Waals surface area contributed by atoms with Crippen LogP contribution in [0.5, 0.6) is 0 Å². The molecule has 147 valence electrons. The SMILES string of the molecule is CC[C]=C(c1ccccc1)c1ccccc1CP(c1ccccc1)c1ccccc1. The first-order valence-corrected chi connectivity index (χ1v) is 12.0. The molecule has 1 radical (unpaired) electrons. The molecule has 0 unspecified atom stereocenters. The average Bonchev–Trinajstić information content (AvgIpc) is 2.83. The second-order valence-corrected chi connectivity index (χ2v) is 9.39. The Hall–Kier alpha value is -2.95. The minimum absolute atomic E-state index is 0.487. The Balaban J connectivity index is 1.78. The van der Waals surface area contributed by atoms with Gasteiger partial charge in [0.05, 0.1) is 0 Å². The minimum atomic E-state index is -0.487. The maximum atomic E-state index is 3.63. The lowest BCUT2D eigenvalue weighted by atomic mass is 9.94. The standard InChI is InChI=1S/C29H26P/c1-2-14-28(24-15-6-3-7-16-24)29-22-13-12-17-25(29)23-30(26-18-8-4-9-19-26)27-20-10-5-11-21-27/h3-13,15-22H,2,23H2,1H3. The van der Waals surface area contributed by atoms with Gasteiger partial charge < -0.3 is 0 Å². The van der Waals surface area contributed by atoms with Crippen LogP contribution in [-0.2, 0) is 6.16 Å². The molecule has 4 aromatic carbocycles. The van der Waals surface area contributed by atoms with Crippen molar-refractivity contribution >= 4 is 24.1 Å². The van der Waals surface area contributed by atoms with Gasteiger partial charge in [-0.05, 0) is 53.3 Å². The van der Waals surface area contributed by atoms with Gasteiger partial charge in [0.2, 0.25) is 0 Å². The number of hydrogen-bond acceptors (Lipinski definition) is 0. The van der Waals surface area contributed by atoms with Crippen LogP contribution < -0.4 is 10.6 Å². The molecular formula is C29H26P. The van der Waals surface area contributed by atoms with Gasteiger partial charge in [0.1, 0.15) is 0 Å². The van der Waals surface area contributed by atoms with Crippen LogP contribution in [0.15, 0.2) is 115 Å². The molecule has 4 aromatic rings. The average molecular weight is 406 g/mol. The van der Waals surface area contributed by atoms with Crippen molar-refractivity contribution in [2.24, 2.45) is 0 Å². The molecule has 0 nitrogen and oxygen atoms in total. The van der Waals surface area contributed by atoms with Crippen LogP contribution in [0, 0.1) is 6.08 Å². The molecule has 0 aliphatic heterocycles. The number of hydrogen-bond donors (Lipinski definition) is 0. The summed E-state index contributed by atoms with van der Waals surface area (Å²) >= 11 is 0. The second kappa shape index (κ2) is 10.2. The van der Waals surface area contributed by atoms with Gasteiger partial charge in [0.25, 0.3) is 0 Å². The fourth-order valence-corrected chi connectivity index (χ4v) is 6.10. The zero-order chi connectivity index (χ0) is 20.6. The molecule has 0 atom stereocenters. The maximum Gasteiger partial charge on any atom is 0.00136 e. The molecule has 4 rings (SSSR count). The van der Waals surface area contributed by atoms with Gasteiger partial charge in [-0.3, -0.25) is 0 Å². The van der Waals surface area contributed by atoms with Crippen LogP contribution >= 0.6 is 7.92 Å². The van der Waals surface area contributed by atoms with Crippen molar-refractivity contribution in [3.63, 3.8) is 0 Å². The molecule has 0 spiro atoms. The Bertz CT molecular complexity index is 1040. The Labute approximate surface area is 181 Å². The van der Waals surface area contributed by atoms with Crippen molar-refractivity contribution in [3.05, 3.63) is 138 Å². The summed E-state index contributed by atoms with van der Waals surface area (Å²) in [4.78, 5) is 0. The van der Waals surface area contributed by atoms with Crippen molar-refractivity contribution in [2.75, 3.05) is 0 Å². The topological polar surface area (TPSA) is 0 Å². The lowest BCUT2D eigenvalue weighted by Crippen LogP contribution is -2.13. The molecule has 0 saturated heterocycles. The van der Waals surface area contributed by atoms with E-state index >= 15 is 0 Å². The Morgan fingerprint density at radius 2 is 1.13 bits per heavy atom. The van der Waals surface area contributed by atoms with E-state index in [-0.39, 0.29) is 0 Å². The van der Waals surface area contributed by atoms with Crippen LogP contribution in [0.25, 0.3) is 5.57 Å². The molecule has 0 aromatic heterocycles. The highest BCUT2D eigenvalue weighted by atomic mass is 31.1. The summed E-state index contributed by atoms with van der Waals surface area (Å²) in [5, 5.41) is 2.83. The van der Waals surface area contributed by atoms with Crippen molar-refractivity contribution in [1.82, 2.24) is 0 Å². The van der Waals surface area contributed by atoms with Gasteiger partial charge >= 0.3 is 0 Å². The van der Waals surface area contributed by atoms with Crippen molar-refractivity contribution < 1.29 is 0 Å². The molecular weight excluding hydrogens is 379 g/mol. The van der Waals surface area contributed by atoms with E-state index < -0.39 is 7.92 Å². The first kappa shape index (κ1) is 20.3. The third kappa shape index (κ3) is 4.78. The summed E-state index contributed by atoms with van der Waals surface area (Å²) in [5.41, 5.74) is 5.13. The highest BCUT2D eigenvalue weighted by Crippen LogP contribution is 2.40. The summed E-state index contributed by atoms with van der Waals surface area (Å²) < 4.78 is 0. The third-order valence-electron chi connectivity index (χ3n) is 5.17. The molecule has 0 bridgehead atoms. The summed E-state index contributed by atoms with van der Waals surface area (Å²) in [6.07, 6.45) is 5.54. The highest BCUT2D eigenvalue weighted by molar-refractivity contribution is 7.72. The van der Waals surface area contributed by atoms with Crippen LogP contribution in [0.1, 0.15) is 30.0 Å². The van der Waals surface area contributed by atoms with E-state index in [0.29, 0.717) is 0 Å². The van der Waals surface area contributed by atoms with E-state index in [0.717, 1.165) is 12.6 Å². The predicted molar refractivity (Wildman–Crippen MR) is 132 cm³/mol. The zero-order valence-corrected chi connectivity index (χ0v) is 18.2. The third-order valence-corrected chi connectivity index (χ3v) is 7.67. The van der Waals surface area contributed by atoms with Gasteiger partial charge in [0.15, 0.2) is 0 Å². The number of rotatable bonds is 7. The molecule has 0 fully saturated rings. The van der Waals surface area contributed by atoms with Gasteiger partial charge in [-0.15, -0.1) is 0 Å². The van der Waals surface area contributed by atoms with Crippen LogP contribution in [0.2, 0.25) is 0 Å².